The van der Waals surface area contributed by atoms with E-state index in [-0.39, 0.29) is 22.4 Å². The molecule has 8 nitrogen and oxygen atoms in total. The number of carbonyl (C=O) groups is 1. The zero-order chi connectivity index (χ0) is 24.4. The van der Waals surface area contributed by atoms with Crippen LogP contribution >= 0.6 is 0 Å². The van der Waals surface area contributed by atoms with Crippen molar-refractivity contribution >= 4 is 22.4 Å². The molecule has 3 aromatic carbocycles. The summed E-state index contributed by atoms with van der Waals surface area (Å²) >= 11 is 0. The van der Waals surface area contributed by atoms with Gasteiger partial charge in [0.15, 0.2) is 11.1 Å². The van der Waals surface area contributed by atoms with Crippen LogP contribution in [0.1, 0.15) is 28.8 Å². The molecule has 8 heteroatoms. The molecule has 0 amide bonds. The number of furan rings is 1. The standard InChI is InChI=1S/C26H23NO7/c1-4-32-21-11-7-17(8-12-21)19-13-22(28)24-15(2)33-16(3)25(24)23(14-19)34-26(29)18-5-9-20(10-6-18)27(30)31/h5-14,27,30H,4H2,1-3H3. The van der Waals surface area contributed by atoms with E-state index in [2.05, 4.69) is 0 Å². The van der Waals surface area contributed by atoms with Gasteiger partial charge in [-0.05, 0) is 68.3 Å². The van der Waals surface area contributed by atoms with Crippen LogP contribution in [-0.2, 0) is 0 Å². The summed E-state index contributed by atoms with van der Waals surface area (Å²) in [6.45, 7) is 5.81. The number of aryl methyl sites for hydroxylation is 2. The number of hydrogen-bond donors (Lipinski definition) is 2. The molecule has 0 radical (unpaired) electrons. The average molecular weight is 461 g/mol. The first-order valence-corrected chi connectivity index (χ1v) is 10.6. The van der Waals surface area contributed by atoms with E-state index in [1.165, 1.54) is 30.3 Å². The first-order chi connectivity index (χ1) is 16.3. The summed E-state index contributed by atoms with van der Waals surface area (Å²) in [5, 5.41) is 19.8. The topological polar surface area (TPSA) is 113 Å². The first-order valence-electron chi connectivity index (χ1n) is 10.6. The van der Waals surface area contributed by atoms with E-state index in [4.69, 9.17) is 19.1 Å². The van der Waals surface area contributed by atoms with Crippen LogP contribution in [0.15, 0.2) is 69.9 Å². The Balaban J connectivity index is 1.83. The third-order valence-corrected chi connectivity index (χ3v) is 5.40. The summed E-state index contributed by atoms with van der Waals surface area (Å²) in [7, 11) is 0. The van der Waals surface area contributed by atoms with Crippen LogP contribution in [0.3, 0.4) is 0 Å². The van der Waals surface area contributed by atoms with E-state index in [1.54, 1.807) is 32.0 Å². The van der Waals surface area contributed by atoms with Gasteiger partial charge in [0.25, 0.3) is 0 Å². The molecule has 0 aliphatic rings. The summed E-state index contributed by atoms with van der Waals surface area (Å²) in [6.07, 6.45) is 0. The number of rotatable bonds is 6. The third kappa shape index (κ3) is 4.55. The Morgan fingerprint density at radius 2 is 1.62 bits per heavy atom. The quantitative estimate of drug-likeness (QED) is 0.328. The normalized spacial score (nSPS) is 11.9. The van der Waals surface area contributed by atoms with Crippen molar-refractivity contribution in [3.63, 3.8) is 0 Å². The molecule has 34 heavy (non-hydrogen) atoms. The van der Waals surface area contributed by atoms with Gasteiger partial charge in [-0.25, -0.2) is 10.0 Å². The van der Waals surface area contributed by atoms with E-state index < -0.39 is 11.2 Å². The van der Waals surface area contributed by atoms with Gasteiger partial charge in [0.05, 0.1) is 22.9 Å². The maximum absolute atomic E-state index is 13.1. The molecule has 1 unspecified atom stereocenters. The highest BCUT2D eigenvalue weighted by Crippen LogP contribution is 2.34. The summed E-state index contributed by atoms with van der Waals surface area (Å²) in [5.74, 6) is 1.06. The molecule has 0 bridgehead atoms. The summed E-state index contributed by atoms with van der Waals surface area (Å²) in [6, 6.07) is 15.8. The highest BCUT2D eigenvalue weighted by atomic mass is 16.8. The van der Waals surface area contributed by atoms with Crippen molar-refractivity contribution in [3.8, 4) is 22.6 Å². The Kier molecular flexibility index (Phi) is 6.47. The van der Waals surface area contributed by atoms with Crippen LogP contribution in [0.2, 0.25) is 0 Å². The van der Waals surface area contributed by atoms with Crippen LogP contribution in [0.4, 0.5) is 5.69 Å². The predicted molar refractivity (Wildman–Crippen MR) is 126 cm³/mol. The van der Waals surface area contributed by atoms with E-state index in [0.29, 0.717) is 40.2 Å². The second-order valence-corrected chi connectivity index (χ2v) is 7.67. The van der Waals surface area contributed by atoms with E-state index in [1.807, 2.05) is 19.1 Å². The molecule has 2 N–H and O–H groups in total. The van der Waals surface area contributed by atoms with Gasteiger partial charge in [0, 0.05) is 12.1 Å². The van der Waals surface area contributed by atoms with Crippen LogP contribution in [0.25, 0.3) is 21.9 Å². The van der Waals surface area contributed by atoms with E-state index >= 15 is 0 Å². The largest absolute Gasteiger partial charge is 0.595 e. The fraction of sp³-hybridized carbons (Fsp3) is 0.154. The molecule has 0 saturated carbocycles. The Morgan fingerprint density at radius 3 is 2.24 bits per heavy atom. The van der Waals surface area contributed by atoms with Crippen molar-refractivity contribution in [2.45, 2.75) is 20.8 Å². The number of benzene rings is 2. The molecular formula is C26H23NO7. The smallest absolute Gasteiger partial charge is 0.343 e. The van der Waals surface area contributed by atoms with Gasteiger partial charge in [-0.15, -0.1) is 0 Å². The van der Waals surface area contributed by atoms with Crippen molar-refractivity contribution in [1.29, 1.82) is 0 Å². The minimum Gasteiger partial charge on any atom is -0.595 e. The van der Waals surface area contributed by atoms with Crippen molar-refractivity contribution in [3.05, 3.63) is 93.2 Å². The minimum atomic E-state index is -1.09. The second-order valence-electron chi connectivity index (χ2n) is 7.67. The van der Waals surface area contributed by atoms with Crippen LogP contribution < -0.4 is 20.1 Å². The SMILES string of the molecule is CCOc1ccc(-c2cc(OC(=O)c3ccc([NH+]([O-])O)cc3)c3c(C)oc(C)c3c(=O)c2)cc1. The lowest BCUT2D eigenvalue weighted by Gasteiger charge is -2.11. The molecule has 0 spiro atoms. The number of nitrogens with one attached hydrogen (secondary N) is 1. The lowest BCUT2D eigenvalue weighted by Crippen LogP contribution is -2.99. The van der Waals surface area contributed by atoms with Crippen molar-refractivity contribution < 1.29 is 29.1 Å². The highest BCUT2D eigenvalue weighted by Gasteiger charge is 2.19. The van der Waals surface area contributed by atoms with Crippen molar-refractivity contribution in [2.75, 3.05) is 6.61 Å². The second kappa shape index (κ2) is 9.48. The van der Waals surface area contributed by atoms with Gasteiger partial charge in [-0.3, -0.25) is 4.79 Å². The average Bonchev–Trinajstić information content (AvgIpc) is 3.03. The molecule has 1 heterocycles. The van der Waals surface area contributed by atoms with Gasteiger partial charge in [0.2, 0.25) is 0 Å². The number of ether oxygens (including phenoxy) is 2. The number of esters is 1. The molecule has 1 aromatic heterocycles. The van der Waals surface area contributed by atoms with Gasteiger partial charge in [-0.1, -0.05) is 12.1 Å². The number of fused-ring (bicyclic) bond motifs is 1. The number of carbonyl (C=O) groups excluding carboxylic acids is 1. The molecule has 4 rings (SSSR count). The lowest BCUT2D eigenvalue weighted by atomic mass is 10.1. The number of hydrogen-bond acceptors (Lipinski definition) is 7. The Morgan fingerprint density at radius 1 is 0.971 bits per heavy atom. The molecule has 0 saturated heterocycles. The highest BCUT2D eigenvalue weighted by molar-refractivity contribution is 5.97. The summed E-state index contributed by atoms with van der Waals surface area (Å²) in [4.78, 5) is 26.0. The lowest BCUT2D eigenvalue weighted by molar-refractivity contribution is -0.991. The first kappa shape index (κ1) is 23.2. The minimum absolute atomic E-state index is 0.0557. The Bertz CT molecular complexity index is 1400. The van der Waals surface area contributed by atoms with Crippen LogP contribution in [-0.4, -0.2) is 17.8 Å². The zero-order valence-electron chi connectivity index (χ0n) is 18.9. The molecule has 1 atom stereocenters. The summed E-state index contributed by atoms with van der Waals surface area (Å²) < 4.78 is 16.9. The van der Waals surface area contributed by atoms with Gasteiger partial charge >= 0.3 is 5.97 Å². The molecular weight excluding hydrogens is 438 g/mol. The molecule has 4 aromatic rings. The maximum Gasteiger partial charge on any atom is 0.343 e. The van der Waals surface area contributed by atoms with Gasteiger partial charge < -0.3 is 19.1 Å². The predicted octanol–water partition coefficient (Wildman–Crippen LogP) is 4.10. The molecule has 0 fully saturated rings. The van der Waals surface area contributed by atoms with Crippen molar-refractivity contribution in [1.82, 2.24) is 0 Å². The zero-order valence-corrected chi connectivity index (χ0v) is 18.9. The third-order valence-electron chi connectivity index (χ3n) is 5.40. The van der Waals surface area contributed by atoms with Gasteiger partial charge in [-0.2, -0.15) is 5.23 Å². The Labute approximate surface area is 195 Å². The van der Waals surface area contributed by atoms with Crippen LogP contribution in [0, 0.1) is 19.1 Å². The van der Waals surface area contributed by atoms with E-state index in [0.717, 1.165) is 5.56 Å². The number of quaternary nitrogens is 1. The fourth-order valence-electron chi connectivity index (χ4n) is 3.81. The molecule has 174 valence electrons. The van der Waals surface area contributed by atoms with Crippen LogP contribution in [0.5, 0.6) is 11.5 Å². The fourth-order valence-corrected chi connectivity index (χ4v) is 3.81. The Hall–Kier alpha value is -3.98. The summed E-state index contributed by atoms with van der Waals surface area (Å²) in [5.41, 5.74) is 1.27. The monoisotopic (exact) mass is 461 g/mol. The van der Waals surface area contributed by atoms with Crippen molar-refractivity contribution in [2.24, 2.45) is 0 Å². The maximum atomic E-state index is 13.1. The van der Waals surface area contributed by atoms with E-state index in [9.17, 15) is 14.8 Å². The molecule has 0 aliphatic heterocycles. The van der Waals surface area contributed by atoms with Gasteiger partial charge in [0.1, 0.15) is 23.0 Å². The molecule has 0 aliphatic carbocycles.